The quantitative estimate of drug-likeness (QED) is 0.709. The van der Waals surface area contributed by atoms with Gasteiger partial charge in [0.25, 0.3) is 5.56 Å². The second-order valence-electron chi connectivity index (χ2n) is 6.15. The third kappa shape index (κ3) is 3.40. The van der Waals surface area contributed by atoms with Gasteiger partial charge in [-0.15, -0.1) is 0 Å². The Bertz CT molecular complexity index is 1010. The van der Waals surface area contributed by atoms with Gasteiger partial charge in [0.1, 0.15) is 6.61 Å². The van der Waals surface area contributed by atoms with Gasteiger partial charge in [-0.3, -0.25) is 9.59 Å². The number of carbonyl (C=O) groups is 1. The minimum Gasteiger partial charge on any atom is -0.475 e. The van der Waals surface area contributed by atoms with E-state index in [4.69, 9.17) is 4.74 Å². The molecule has 0 saturated carbocycles. The van der Waals surface area contributed by atoms with Crippen LogP contribution in [-0.4, -0.2) is 28.5 Å². The molecule has 0 spiro atoms. The van der Waals surface area contributed by atoms with Crippen LogP contribution in [0, 0.1) is 6.92 Å². The molecular formula is C20H23N3O3. The van der Waals surface area contributed by atoms with Crippen molar-refractivity contribution in [1.82, 2.24) is 15.3 Å². The number of aryl methyl sites for hydroxylation is 1. The zero-order chi connectivity index (χ0) is 18.7. The summed E-state index contributed by atoms with van der Waals surface area (Å²) in [6.07, 6.45) is 4.70. The van der Waals surface area contributed by atoms with Gasteiger partial charge in [0.2, 0.25) is 11.8 Å². The molecule has 1 atom stereocenters. The van der Waals surface area contributed by atoms with Crippen LogP contribution in [0.2, 0.25) is 0 Å². The molecule has 2 N–H and O–H groups in total. The lowest BCUT2D eigenvalue weighted by Crippen LogP contribution is -2.31. The average Bonchev–Trinajstić information content (AvgIpc) is 3.09. The predicted molar refractivity (Wildman–Crippen MR) is 103 cm³/mol. The number of fused-ring (bicyclic) bond motifs is 2. The summed E-state index contributed by atoms with van der Waals surface area (Å²) in [6, 6.07) is 5.70. The van der Waals surface area contributed by atoms with Crippen LogP contribution in [-0.2, 0) is 4.79 Å². The number of benzene rings is 1. The van der Waals surface area contributed by atoms with Crippen molar-refractivity contribution in [1.29, 1.82) is 0 Å². The smallest absolute Gasteiger partial charge is 0.255 e. The topological polar surface area (TPSA) is 84.1 Å². The van der Waals surface area contributed by atoms with Crippen LogP contribution in [0.15, 0.2) is 35.4 Å². The van der Waals surface area contributed by atoms with Gasteiger partial charge in [-0.2, -0.15) is 0 Å². The maximum Gasteiger partial charge on any atom is 0.255 e. The first-order valence-corrected chi connectivity index (χ1v) is 8.95. The van der Waals surface area contributed by atoms with E-state index in [1.54, 1.807) is 12.4 Å². The number of ether oxygens (including phenoxy) is 1. The summed E-state index contributed by atoms with van der Waals surface area (Å²) in [7, 11) is 0. The number of hydrogen-bond donors (Lipinski definition) is 2. The summed E-state index contributed by atoms with van der Waals surface area (Å²) in [4.78, 5) is 30.4. The largest absolute Gasteiger partial charge is 0.475 e. The fourth-order valence-corrected chi connectivity index (χ4v) is 3.13. The molecule has 1 aliphatic rings. The third-order valence-corrected chi connectivity index (χ3v) is 4.46. The van der Waals surface area contributed by atoms with Crippen molar-refractivity contribution in [2.75, 3.05) is 6.61 Å². The van der Waals surface area contributed by atoms with Crippen molar-refractivity contribution in [2.45, 2.75) is 39.7 Å². The van der Waals surface area contributed by atoms with E-state index in [0.717, 1.165) is 28.1 Å². The highest BCUT2D eigenvalue weighted by Crippen LogP contribution is 2.28. The Labute approximate surface area is 151 Å². The van der Waals surface area contributed by atoms with Crippen molar-refractivity contribution >= 4 is 27.5 Å². The monoisotopic (exact) mass is 353 g/mol. The molecule has 1 amide bonds. The number of nitrogens with zero attached hydrogens (tertiary/aromatic N) is 1. The summed E-state index contributed by atoms with van der Waals surface area (Å²) in [5.41, 5.74) is 0.884. The molecule has 3 aromatic rings. The summed E-state index contributed by atoms with van der Waals surface area (Å²) in [5.74, 6) is 0.588. The van der Waals surface area contributed by atoms with Gasteiger partial charge in [0.15, 0.2) is 0 Å². The van der Waals surface area contributed by atoms with E-state index < -0.39 is 0 Å². The number of hydrogen-bond acceptors (Lipinski definition) is 4. The van der Waals surface area contributed by atoms with Crippen molar-refractivity contribution in [3.8, 4) is 5.88 Å². The predicted octanol–water partition coefficient (Wildman–Crippen LogP) is 3.07. The molecule has 6 nitrogen and oxygen atoms in total. The van der Waals surface area contributed by atoms with Gasteiger partial charge in [-0.1, -0.05) is 13.8 Å². The maximum atomic E-state index is 12.0. The van der Waals surface area contributed by atoms with Crippen molar-refractivity contribution in [3.05, 3.63) is 46.5 Å². The van der Waals surface area contributed by atoms with Crippen molar-refractivity contribution in [3.63, 3.8) is 0 Å². The van der Waals surface area contributed by atoms with Gasteiger partial charge >= 0.3 is 0 Å². The molecule has 6 heteroatoms. The Hall–Kier alpha value is -2.89. The molecule has 1 saturated heterocycles. The molecule has 4 rings (SSSR count). The average molecular weight is 353 g/mol. The van der Waals surface area contributed by atoms with Crippen LogP contribution in [0.3, 0.4) is 0 Å². The highest BCUT2D eigenvalue weighted by Gasteiger charge is 2.21. The zero-order valence-electron chi connectivity index (χ0n) is 15.3. The second-order valence-corrected chi connectivity index (χ2v) is 6.15. The minimum absolute atomic E-state index is 0.0274. The number of rotatable bonds is 3. The van der Waals surface area contributed by atoms with Crippen LogP contribution in [0.25, 0.3) is 21.5 Å². The third-order valence-electron chi connectivity index (χ3n) is 4.46. The van der Waals surface area contributed by atoms with Gasteiger partial charge < -0.3 is 15.0 Å². The summed E-state index contributed by atoms with van der Waals surface area (Å²) < 4.78 is 5.86. The Balaban J connectivity index is 0.000000948. The standard InChI is InChI=1S/C18H17N3O3.C2H6/c1-10-8-20-17(23)15-6-11-4-5-19-18(14(11)7-13(10)15)24-9-12-2-3-16(22)21-12;1-2/h4-8,12H,2-3,9H2,1H3,(H,20,23)(H,21,22);1-2H3. The van der Waals surface area contributed by atoms with Crippen LogP contribution in [0.4, 0.5) is 0 Å². The first-order chi connectivity index (χ1) is 12.6. The van der Waals surface area contributed by atoms with Gasteiger partial charge in [0, 0.05) is 29.6 Å². The van der Waals surface area contributed by atoms with Crippen LogP contribution in [0.1, 0.15) is 32.3 Å². The van der Waals surface area contributed by atoms with Gasteiger partial charge in [-0.05, 0) is 47.9 Å². The molecule has 2 aromatic heterocycles. The molecule has 3 heterocycles. The molecule has 0 radical (unpaired) electrons. The molecular weight excluding hydrogens is 330 g/mol. The number of H-pyrrole nitrogens is 1. The lowest BCUT2D eigenvalue weighted by molar-refractivity contribution is -0.119. The zero-order valence-corrected chi connectivity index (χ0v) is 15.3. The van der Waals surface area contributed by atoms with E-state index in [-0.39, 0.29) is 17.5 Å². The Morgan fingerprint density at radius 1 is 1.19 bits per heavy atom. The van der Waals surface area contributed by atoms with Crippen LogP contribution >= 0.6 is 0 Å². The fourth-order valence-electron chi connectivity index (χ4n) is 3.13. The molecule has 1 unspecified atom stereocenters. The van der Waals surface area contributed by atoms with Crippen molar-refractivity contribution in [2.24, 2.45) is 0 Å². The number of aromatic amines is 1. The van der Waals surface area contributed by atoms with E-state index in [2.05, 4.69) is 15.3 Å². The van der Waals surface area contributed by atoms with Crippen LogP contribution in [0.5, 0.6) is 5.88 Å². The second kappa shape index (κ2) is 7.56. The fraction of sp³-hybridized carbons (Fsp3) is 0.350. The minimum atomic E-state index is -0.106. The number of pyridine rings is 2. The van der Waals surface area contributed by atoms with E-state index >= 15 is 0 Å². The number of nitrogens with one attached hydrogen (secondary N) is 2. The number of carbonyl (C=O) groups excluding carboxylic acids is 1. The van der Waals surface area contributed by atoms with E-state index in [1.807, 2.05) is 39.0 Å². The van der Waals surface area contributed by atoms with E-state index in [0.29, 0.717) is 24.3 Å². The molecule has 1 aliphatic heterocycles. The van der Waals surface area contributed by atoms with Crippen LogP contribution < -0.4 is 15.6 Å². The van der Waals surface area contributed by atoms with E-state index in [9.17, 15) is 9.59 Å². The van der Waals surface area contributed by atoms with Gasteiger partial charge in [-0.25, -0.2) is 4.98 Å². The normalized spacial score (nSPS) is 16.3. The lowest BCUT2D eigenvalue weighted by Gasteiger charge is -2.13. The summed E-state index contributed by atoms with van der Waals surface area (Å²) in [5, 5.41) is 6.19. The highest BCUT2D eigenvalue weighted by molar-refractivity contribution is 6.00. The Kier molecular flexibility index (Phi) is 5.21. The molecule has 1 aromatic carbocycles. The number of amides is 1. The van der Waals surface area contributed by atoms with Gasteiger partial charge in [0.05, 0.1) is 6.04 Å². The molecule has 0 bridgehead atoms. The maximum absolute atomic E-state index is 12.0. The summed E-state index contributed by atoms with van der Waals surface area (Å²) in [6.45, 7) is 6.35. The summed E-state index contributed by atoms with van der Waals surface area (Å²) >= 11 is 0. The molecule has 136 valence electrons. The van der Waals surface area contributed by atoms with E-state index in [1.165, 1.54) is 0 Å². The highest BCUT2D eigenvalue weighted by atomic mass is 16.5. The first-order valence-electron chi connectivity index (χ1n) is 8.95. The number of aromatic nitrogens is 2. The first kappa shape index (κ1) is 17.9. The Morgan fingerprint density at radius 2 is 2.00 bits per heavy atom. The molecule has 26 heavy (non-hydrogen) atoms. The molecule has 0 aliphatic carbocycles. The molecule has 1 fully saturated rings. The lowest BCUT2D eigenvalue weighted by atomic mass is 10.0. The Morgan fingerprint density at radius 3 is 2.73 bits per heavy atom. The SMILES string of the molecule is CC.Cc1c[nH]c(=O)c2cc3ccnc(OCC4CCC(=O)N4)c3cc12. The van der Waals surface area contributed by atoms with Crippen molar-refractivity contribution < 1.29 is 9.53 Å².